The van der Waals surface area contributed by atoms with E-state index in [4.69, 9.17) is 5.73 Å². The summed E-state index contributed by atoms with van der Waals surface area (Å²) in [5.41, 5.74) is 7.40. The Hall–Kier alpha value is -2.16. The van der Waals surface area contributed by atoms with Crippen molar-refractivity contribution in [1.29, 1.82) is 0 Å². The Morgan fingerprint density at radius 3 is 2.86 bits per heavy atom. The van der Waals surface area contributed by atoms with Crippen LogP contribution in [-0.2, 0) is 0 Å². The van der Waals surface area contributed by atoms with Gasteiger partial charge < -0.3 is 11.1 Å². The van der Waals surface area contributed by atoms with Crippen LogP contribution in [0.15, 0.2) is 30.6 Å². The summed E-state index contributed by atoms with van der Waals surface area (Å²) in [6, 6.07) is 5.58. The van der Waals surface area contributed by atoms with Crippen molar-refractivity contribution in [3.63, 3.8) is 0 Å². The van der Waals surface area contributed by atoms with Gasteiger partial charge in [0, 0.05) is 12.4 Å². The Morgan fingerprint density at radius 2 is 2.19 bits per heavy atom. The van der Waals surface area contributed by atoms with Gasteiger partial charge in [-0.15, -0.1) is 11.3 Å². The highest BCUT2D eigenvalue weighted by Gasteiger charge is 2.14. The average Bonchev–Trinajstić information content (AvgIpc) is 2.87. The Balaban J connectivity index is 2.10. The fourth-order valence-corrected chi connectivity index (χ4v) is 2.80. The van der Waals surface area contributed by atoms with E-state index in [9.17, 15) is 4.79 Å². The van der Waals surface area contributed by atoms with E-state index in [-0.39, 0.29) is 11.9 Å². The third-order valence-electron chi connectivity index (χ3n) is 3.00. The second-order valence-corrected chi connectivity index (χ2v) is 5.66. The molecule has 0 aromatic carbocycles. The van der Waals surface area contributed by atoms with Crippen molar-refractivity contribution >= 4 is 17.2 Å². The van der Waals surface area contributed by atoms with Crippen LogP contribution in [0.2, 0.25) is 0 Å². The molecule has 3 N–H and O–H groups in total. The molecule has 0 saturated heterocycles. The lowest BCUT2D eigenvalue weighted by Crippen LogP contribution is -2.25. The number of carbonyl (C=O) groups excluding carboxylic acids is 1. The molecule has 1 atom stereocenters. The number of aromatic nitrogens is 1. The summed E-state index contributed by atoms with van der Waals surface area (Å²) >= 11 is 1.39. The number of nitrogens with two attached hydrogens (primary N) is 1. The highest BCUT2D eigenvalue weighted by molar-refractivity contribution is 7.14. The number of hydrogen-bond donors (Lipinski definition) is 2. The smallest absolute Gasteiger partial charge is 0.261 e. The molecule has 2 aromatic rings. The second-order valence-electron chi connectivity index (χ2n) is 4.60. The van der Waals surface area contributed by atoms with Gasteiger partial charge in [-0.05, 0) is 43.2 Å². The van der Waals surface area contributed by atoms with E-state index in [1.54, 1.807) is 12.4 Å². The number of aryl methyl sites for hydroxylation is 1. The molecule has 0 radical (unpaired) electrons. The normalized spacial score (nSPS) is 11.4. The minimum Gasteiger partial charge on any atom is -0.345 e. The van der Waals surface area contributed by atoms with Crippen LogP contribution in [-0.4, -0.2) is 17.4 Å². The molecule has 2 heterocycles. The molecule has 0 saturated carbocycles. The zero-order valence-corrected chi connectivity index (χ0v) is 12.8. The van der Waals surface area contributed by atoms with Crippen molar-refractivity contribution < 1.29 is 4.79 Å². The number of thiophene rings is 1. The standard InChI is InChI=1S/C16H17N3OS/c1-11-10-15(21-14(11)4-3-7-17)16(20)19-12(2)13-5-8-18-9-6-13/h5-6,8-10,12H,7,17H2,1-2H3,(H,19,20). The van der Waals surface area contributed by atoms with Gasteiger partial charge in [0.25, 0.3) is 5.91 Å². The molecule has 5 heteroatoms. The lowest BCUT2D eigenvalue weighted by atomic mass is 10.1. The summed E-state index contributed by atoms with van der Waals surface area (Å²) in [6.45, 7) is 4.21. The minimum atomic E-state index is -0.0896. The number of amides is 1. The van der Waals surface area contributed by atoms with E-state index in [2.05, 4.69) is 22.1 Å². The lowest BCUT2D eigenvalue weighted by Gasteiger charge is -2.13. The fourth-order valence-electron chi connectivity index (χ4n) is 1.85. The first-order valence-electron chi connectivity index (χ1n) is 6.62. The maximum Gasteiger partial charge on any atom is 0.261 e. The number of nitrogens with one attached hydrogen (secondary N) is 1. The van der Waals surface area contributed by atoms with Gasteiger partial charge in [0.15, 0.2) is 0 Å². The highest BCUT2D eigenvalue weighted by Crippen LogP contribution is 2.22. The summed E-state index contributed by atoms with van der Waals surface area (Å²) < 4.78 is 0. The monoisotopic (exact) mass is 299 g/mol. The first-order chi connectivity index (χ1) is 10.1. The lowest BCUT2D eigenvalue weighted by molar-refractivity contribution is 0.0944. The summed E-state index contributed by atoms with van der Waals surface area (Å²) in [5.74, 6) is 5.71. The summed E-state index contributed by atoms with van der Waals surface area (Å²) in [4.78, 5) is 17.8. The number of rotatable bonds is 3. The predicted molar refractivity (Wildman–Crippen MR) is 85.1 cm³/mol. The third kappa shape index (κ3) is 3.91. The number of nitrogens with zero attached hydrogens (tertiary/aromatic N) is 1. The molecular weight excluding hydrogens is 282 g/mol. The Bertz CT molecular complexity index is 683. The third-order valence-corrected chi connectivity index (χ3v) is 4.15. The van der Waals surface area contributed by atoms with Crippen molar-refractivity contribution in [1.82, 2.24) is 10.3 Å². The molecule has 21 heavy (non-hydrogen) atoms. The minimum absolute atomic E-state index is 0.0681. The van der Waals surface area contributed by atoms with Crippen LogP contribution in [0.3, 0.4) is 0 Å². The molecule has 0 bridgehead atoms. The van der Waals surface area contributed by atoms with E-state index in [1.807, 2.05) is 32.0 Å². The molecule has 4 nitrogen and oxygen atoms in total. The Morgan fingerprint density at radius 1 is 1.48 bits per heavy atom. The van der Waals surface area contributed by atoms with Crippen LogP contribution in [0.4, 0.5) is 0 Å². The van der Waals surface area contributed by atoms with E-state index >= 15 is 0 Å². The number of hydrogen-bond acceptors (Lipinski definition) is 4. The second kappa shape index (κ2) is 7.02. The molecule has 0 aliphatic heterocycles. The van der Waals surface area contributed by atoms with Gasteiger partial charge in [-0.25, -0.2) is 0 Å². The zero-order chi connectivity index (χ0) is 15.2. The Kier molecular flexibility index (Phi) is 5.09. The van der Waals surface area contributed by atoms with Crippen LogP contribution in [0.5, 0.6) is 0 Å². The molecule has 2 rings (SSSR count). The van der Waals surface area contributed by atoms with Gasteiger partial charge in [-0.1, -0.05) is 11.8 Å². The van der Waals surface area contributed by atoms with E-state index < -0.39 is 0 Å². The van der Waals surface area contributed by atoms with E-state index in [0.29, 0.717) is 11.4 Å². The maximum atomic E-state index is 12.3. The number of pyridine rings is 1. The molecule has 108 valence electrons. The molecule has 1 amide bonds. The predicted octanol–water partition coefficient (Wildman–Crippen LogP) is 2.25. The molecule has 2 aromatic heterocycles. The summed E-state index contributed by atoms with van der Waals surface area (Å²) in [7, 11) is 0. The Labute approximate surface area is 128 Å². The largest absolute Gasteiger partial charge is 0.345 e. The van der Waals surface area contributed by atoms with Gasteiger partial charge in [0.2, 0.25) is 0 Å². The van der Waals surface area contributed by atoms with Gasteiger partial charge in [-0.3, -0.25) is 9.78 Å². The van der Waals surface area contributed by atoms with Crippen LogP contribution < -0.4 is 11.1 Å². The molecule has 0 aliphatic carbocycles. The first kappa shape index (κ1) is 15.2. The fraction of sp³-hybridized carbons (Fsp3) is 0.250. The summed E-state index contributed by atoms with van der Waals surface area (Å²) in [6.07, 6.45) is 3.43. The topological polar surface area (TPSA) is 68.0 Å². The molecule has 0 spiro atoms. The van der Waals surface area contributed by atoms with E-state index in [0.717, 1.165) is 16.0 Å². The zero-order valence-electron chi connectivity index (χ0n) is 12.0. The van der Waals surface area contributed by atoms with Crippen molar-refractivity contribution in [2.75, 3.05) is 6.54 Å². The van der Waals surface area contributed by atoms with Crippen molar-refractivity contribution in [3.8, 4) is 11.8 Å². The summed E-state index contributed by atoms with van der Waals surface area (Å²) in [5, 5.41) is 2.98. The molecule has 0 fully saturated rings. The van der Waals surface area contributed by atoms with Crippen LogP contribution >= 0.6 is 11.3 Å². The number of carbonyl (C=O) groups is 1. The molecule has 0 aliphatic rings. The van der Waals surface area contributed by atoms with Crippen molar-refractivity contribution in [2.45, 2.75) is 19.9 Å². The van der Waals surface area contributed by atoms with Gasteiger partial charge in [0.1, 0.15) is 0 Å². The van der Waals surface area contributed by atoms with Crippen molar-refractivity contribution in [2.24, 2.45) is 5.73 Å². The van der Waals surface area contributed by atoms with Crippen LogP contribution in [0, 0.1) is 18.8 Å². The molecular formula is C16H17N3OS. The van der Waals surface area contributed by atoms with Gasteiger partial charge >= 0.3 is 0 Å². The molecule has 1 unspecified atom stereocenters. The first-order valence-corrected chi connectivity index (χ1v) is 7.43. The van der Waals surface area contributed by atoms with Gasteiger partial charge in [0.05, 0.1) is 22.3 Å². The van der Waals surface area contributed by atoms with Crippen molar-refractivity contribution in [3.05, 3.63) is 51.5 Å². The average molecular weight is 299 g/mol. The van der Waals surface area contributed by atoms with Crippen LogP contribution in [0.1, 0.15) is 38.6 Å². The SMILES string of the molecule is Cc1cc(C(=O)NC(C)c2ccncc2)sc1C#CCN. The van der Waals surface area contributed by atoms with Gasteiger partial charge in [-0.2, -0.15) is 0 Å². The van der Waals surface area contributed by atoms with E-state index in [1.165, 1.54) is 11.3 Å². The quantitative estimate of drug-likeness (QED) is 0.854. The maximum absolute atomic E-state index is 12.3. The highest BCUT2D eigenvalue weighted by atomic mass is 32.1. The van der Waals surface area contributed by atoms with Crippen LogP contribution in [0.25, 0.3) is 0 Å².